The van der Waals surface area contributed by atoms with Crippen LogP contribution in [0.4, 0.5) is 17.5 Å². The van der Waals surface area contributed by atoms with Gasteiger partial charge in [0.05, 0.1) is 17.8 Å². The second kappa shape index (κ2) is 6.79. The number of nitrogens with one attached hydrogen (secondary N) is 2. The Morgan fingerprint density at radius 2 is 2.15 bits per heavy atom. The molecular formula is C19H24N7+. The summed E-state index contributed by atoms with van der Waals surface area (Å²) in [7, 11) is 0. The van der Waals surface area contributed by atoms with Gasteiger partial charge in [-0.05, 0) is 45.6 Å². The van der Waals surface area contributed by atoms with Gasteiger partial charge >= 0.3 is 11.8 Å². The predicted molar refractivity (Wildman–Crippen MR) is 103 cm³/mol. The summed E-state index contributed by atoms with van der Waals surface area (Å²) in [6, 6.07) is 5.52. The molecule has 3 aromatic rings. The summed E-state index contributed by atoms with van der Waals surface area (Å²) in [5.74, 6) is 2.21. The number of nitrogens with zero attached hydrogens (tertiary/aromatic N) is 5. The van der Waals surface area contributed by atoms with Crippen molar-refractivity contribution in [2.75, 3.05) is 5.32 Å². The first kappa shape index (κ1) is 16.6. The van der Waals surface area contributed by atoms with E-state index in [2.05, 4.69) is 57.1 Å². The van der Waals surface area contributed by atoms with Crippen LogP contribution >= 0.6 is 0 Å². The minimum atomic E-state index is 0.306. The molecule has 1 fully saturated rings. The lowest BCUT2D eigenvalue weighted by Crippen LogP contribution is -2.17. The second-order valence-electron chi connectivity index (χ2n) is 7.26. The Balaban J connectivity index is 1.62. The maximum absolute atomic E-state index is 4.59. The van der Waals surface area contributed by atoms with Crippen molar-refractivity contribution in [3.8, 4) is 6.07 Å². The Kier molecular flexibility index (Phi) is 4.33. The molecule has 3 aromatic heterocycles. The lowest BCUT2D eigenvalue weighted by molar-refractivity contribution is 0.261. The van der Waals surface area contributed by atoms with Crippen molar-refractivity contribution < 1.29 is 0 Å². The average molecular weight is 350 g/mol. The van der Waals surface area contributed by atoms with Gasteiger partial charge in [-0.3, -0.25) is 10.00 Å². The first-order valence-electron chi connectivity index (χ1n) is 9.22. The van der Waals surface area contributed by atoms with Crippen LogP contribution in [0, 0.1) is 17.9 Å². The van der Waals surface area contributed by atoms with Crippen molar-refractivity contribution in [3.05, 3.63) is 29.5 Å². The van der Waals surface area contributed by atoms with E-state index in [0.29, 0.717) is 29.6 Å². The van der Waals surface area contributed by atoms with Crippen LogP contribution in [0.5, 0.6) is 0 Å². The first-order chi connectivity index (χ1) is 12.6. The maximum atomic E-state index is 4.59. The van der Waals surface area contributed by atoms with Gasteiger partial charge < -0.3 is 4.98 Å². The molecule has 0 amide bonds. The molecular weight excluding hydrogens is 326 g/mol. The minimum Gasteiger partial charge on any atom is -0.346 e. The highest BCUT2D eigenvalue weighted by atomic mass is 15.3. The van der Waals surface area contributed by atoms with E-state index < -0.39 is 0 Å². The van der Waals surface area contributed by atoms with Crippen LogP contribution in [0.3, 0.4) is 0 Å². The molecule has 2 N–H and O–H groups in total. The fourth-order valence-corrected chi connectivity index (χ4v) is 3.09. The molecule has 0 aliphatic heterocycles. The van der Waals surface area contributed by atoms with Crippen molar-refractivity contribution in [2.45, 2.75) is 46.1 Å². The minimum absolute atomic E-state index is 0.306. The number of hydrogen-bond donors (Lipinski definition) is 2. The van der Waals surface area contributed by atoms with Crippen LogP contribution in [0.2, 0.25) is 0 Å². The van der Waals surface area contributed by atoms with E-state index in [4.69, 9.17) is 0 Å². The Labute approximate surface area is 152 Å². The molecule has 0 bridgehead atoms. The molecule has 3 heterocycles. The lowest BCUT2D eigenvalue weighted by Gasteiger charge is -2.26. The number of aromatic nitrogens is 5. The summed E-state index contributed by atoms with van der Waals surface area (Å²) in [5, 5.41) is 8.46. The summed E-state index contributed by atoms with van der Waals surface area (Å²) in [5.41, 5.74) is 1.61. The van der Waals surface area contributed by atoms with Crippen molar-refractivity contribution in [3.63, 3.8) is 0 Å². The molecule has 0 spiro atoms. The van der Waals surface area contributed by atoms with Crippen molar-refractivity contribution in [1.29, 1.82) is 0 Å². The number of hydrogen-bond acceptors (Lipinski definition) is 4. The van der Waals surface area contributed by atoms with E-state index in [9.17, 15) is 0 Å². The topological polar surface area (TPSA) is 75.8 Å². The average Bonchev–Trinajstić information content (AvgIpc) is 3.20. The SMILES string of the molecule is CC(C#[N+]c1nc(Nc2cnn(C(C)C)c2)nc2[nH]ccc12)C1CCC1. The third-order valence-corrected chi connectivity index (χ3v) is 5.01. The van der Waals surface area contributed by atoms with Crippen LogP contribution < -0.4 is 5.32 Å². The predicted octanol–water partition coefficient (Wildman–Crippen LogP) is 4.88. The van der Waals surface area contributed by atoms with E-state index in [1.807, 2.05) is 23.1 Å². The van der Waals surface area contributed by atoms with Crippen molar-refractivity contribution in [1.82, 2.24) is 24.7 Å². The molecule has 1 unspecified atom stereocenters. The molecule has 0 saturated heterocycles. The number of H-pyrrole nitrogens is 1. The largest absolute Gasteiger partial charge is 0.440 e. The molecule has 26 heavy (non-hydrogen) atoms. The van der Waals surface area contributed by atoms with Crippen LogP contribution in [-0.4, -0.2) is 24.7 Å². The smallest absolute Gasteiger partial charge is 0.346 e. The van der Waals surface area contributed by atoms with Crippen molar-refractivity contribution in [2.24, 2.45) is 11.8 Å². The Morgan fingerprint density at radius 1 is 1.31 bits per heavy atom. The Bertz CT molecular complexity index is 969. The van der Waals surface area contributed by atoms with Crippen LogP contribution in [0.1, 0.15) is 46.1 Å². The quantitative estimate of drug-likeness (QED) is 0.703. The van der Waals surface area contributed by atoms with E-state index >= 15 is 0 Å². The highest BCUT2D eigenvalue weighted by Crippen LogP contribution is 2.33. The molecule has 1 aliphatic carbocycles. The van der Waals surface area contributed by atoms with Gasteiger partial charge in [0.25, 0.3) is 0 Å². The Hall–Kier alpha value is -2.88. The molecule has 7 heteroatoms. The van der Waals surface area contributed by atoms with E-state index in [-0.39, 0.29) is 0 Å². The summed E-state index contributed by atoms with van der Waals surface area (Å²) >= 11 is 0. The van der Waals surface area contributed by atoms with Crippen molar-refractivity contribution >= 4 is 28.5 Å². The summed E-state index contributed by atoms with van der Waals surface area (Å²) < 4.78 is 1.89. The lowest BCUT2D eigenvalue weighted by atomic mass is 9.77. The molecule has 1 atom stereocenters. The third kappa shape index (κ3) is 3.27. The molecule has 1 saturated carbocycles. The fourth-order valence-electron chi connectivity index (χ4n) is 3.09. The van der Waals surface area contributed by atoms with Crippen LogP contribution in [0.25, 0.3) is 15.9 Å². The highest BCUT2D eigenvalue weighted by molar-refractivity contribution is 5.89. The van der Waals surface area contributed by atoms with Gasteiger partial charge in [0.1, 0.15) is 5.39 Å². The van der Waals surface area contributed by atoms with E-state index in [1.165, 1.54) is 19.3 Å². The zero-order valence-corrected chi connectivity index (χ0v) is 15.4. The molecule has 1 aliphatic rings. The summed E-state index contributed by atoms with van der Waals surface area (Å²) in [4.78, 5) is 16.8. The van der Waals surface area contributed by atoms with Gasteiger partial charge in [0.15, 0.2) is 11.7 Å². The number of rotatable bonds is 4. The fraction of sp³-hybridized carbons (Fsp3) is 0.474. The van der Waals surface area contributed by atoms with Gasteiger partial charge in [-0.25, -0.2) is 0 Å². The van der Waals surface area contributed by atoms with Crippen LogP contribution in [0.15, 0.2) is 24.7 Å². The third-order valence-electron chi connectivity index (χ3n) is 5.01. The normalized spacial score (nSPS) is 15.5. The summed E-state index contributed by atoms with van der Waals surface area (Å²) in [6.45, 7) is 6.36. The molecule has 134 valence electrons. The van der Waals surface area contributed by atoms with Gasteiger partial charge in [-0.1, -0.05) is 6.42 Å². The second-order valence-corrected chi connectivity index (χ2v) is 7.26. The highest BCUT2D eigenvalue weighted by Gasteiger charge is 2.25. The zero-order valence-electron chi connectivity index (χ0n) is 15.4. The van der Waals surface area contributed by atoms with Crippen LogP contribution in [-0.2, 0) is 0 Å². The van der Waals surface area contributed by atoms with Gasteiger partial charge in [0.2, 0.25) is 0 Å². The first-order valence-corrected chi connectivity index (χ1v) is 9.22. The Morgan fingerprint density at radius 3 is 2.85 bits per heavy atom. The van der Waals surface area contributed by atoms with Gasteiger partial charge in [-0.2, -0.15) is 14.9 Å². The van der Waals surface area contributed by atoms with E-state index in [1.54, 1.807) is 6.20 Å². The molecule has 0 aromatic carbocycles. The van der Waals surface area contributed by atoms with E-state index in [0.717, 1.165) is 16.7 Å². The monoisotopic (exact) mass is 350 g/mol. The number of aromatic amines is 1. The molecule has 0 radical (unpaired) electrons. The molecule has 4 rings (SSSR count). The molecule has 7 nitrogen and oxygen atoms in total. The number of anilines is 2. The number of fused-ring (bicyclic) bond motifs is 1. The standard InChI is InChI=1S/C19H24N7/c1-12(2)26-11-15(10-22-26)23-19-24-17-16(7-8-20-17)18(25-19)21-9-13(3)14-5-4-6-14/h7-8,10-14H,4-6H2,1-3H3,(H2,20,23,24,25)/q+1. The van der Waals surface area contributed by atoms with Gasteiger partial charge in [0, 0.05) is 23.4 Å². The van der Waals surface area contributed by atoms with Gasteiger partial charge in [-0.15, -0.1) is 0 Å². The summed E-state index contributed by atoms with van der Waals surface area (Å²) in [6.07, 6.45) is 9.45. The maximum Gasteiger partial charge on any atom is 0.440 e. The zero-order chi connectivity index (χ0) is 18.1.